The SMILES string of the molecule is COc1ccc(C(=O)C(I)C(=O)c2ccc(C(C)(C)C)cc2)cc1. The number of ether oxygens (including phenoxy) is 1. The summed E-state index contributed by atoms with van der Waals surface area (Å²) in [5, 5.41) is 0. The van der Waals surface area contributed by atoms with E-state index in [4.69, 9.17) is 4.74 Å². The smallest absolute Gasteiger partial charge is 0.183 e. The van der Waals surface area contributed by atoms with Crippen molar-refractivity contribution in [1.29, 1.82) is 0 Å². The van der Waals surface area contributed by atoms with Crippen molar-refractivity contribution in [1.82, 2.24) is 0 Å². The van der Waals surface area contributed by atoms with E-state index in [-0.39, 0.29) is 17.0 Å². The Bertz CT molecular complexity index is 725. The third-order valence-electron chi connectivity index (χ3n) is 3.87. The molecule has 0 aromatic heterocycles. The van der Waals surface area contributed by atoms with Gasteiger partial charge in [0.25, 0.3) is 0 Å². The van der Waals surface area contributed by atoms with Crippen LogP contribution in [0.3, 0.4) is 0 Å². The Morgan fingerprint density at radius 2 is 1.29 bits per heavy atom. The first kappa shape index (κ1) is 18.6. The number of carbonyl (C=O) groups excluding carboxylic acids is 2. The van der Waals surface area contributed by atoms with E-state index in [0.717, 1.165) is 5.56 Å². The molecule has 4 heteroatoms. The van der Waals surface area contributed by atoms with E-state index in [0.29, 0.717) is 16.9 Å². The Kier molecular flexibility index (Phi) is 5.80. The Hall–Kier alpha value is -1.69. The number of rotatable bonds is 5. The van der Waals surface area contributed by atoms with E-state index in [9.17, 15) is 9.59 Å². The highest BCUT2D eigenvalue weighted by atomic mass is 127. The van der Waals surface area contributed by atoms with Crippen LogP contribution in [0.1, 0.15) is 47.1 Å². The van der Waals surface area contributed by atoms with Crippen LogP contribution in [0.15, 0.2) is 48.5 Å². The molecular formula is C20H21IO3. The van der Waals surface area contributed by atoms with E-state index in [1.165, 1.54) is 0 Å². The van der Waals surface area contributed by atoms with Gasteiger partial charge in [-0.3, -0.25) is 9.59 Å². The van der Waals surface area contributed by atoms with Crippen molar-refractivity contribution in [2.75, 3.05) is 7.11 Å². The Morgan fingerprint density at radius 3 is 1.67 bits per heavy atom. The zero-order chi connectivity index (χ0) is 17.9. The summed E-state index contributed by atoms with van der Waals surface area (Å²) in [7, 11) is 1.57. The molecule has 126 valence electrons. The Morgan fingerprint density at radius 1 is 0.875 bits per heavy atom. The standard InChI is InChI=1S/C20H21IO3/c1-20(2,3)15-9-5-13(6-10-15)18(22)17(21)19(23)14-7-11-16(24-4)12-8-14/h5-12,17H,1-4H3. The molecule has 0 N–H and O–H groups in total. The summed E-state index contributed by atoms with van der Waals surface area (Å²) >= 11 is 1.91. The number of alkyl halides is 1. The van der Waals surface area contributed by atoms with Crippen molar-refractivity contribution in [2.45, 2.75) is 30.1 Å². The normalized spacial score (nSPS) is 12.5. The van der Waals surface area contributed by atoms with Gasteiger partial charge in [0, 0.05) is 11.1 Å². The van der Waals surface area contributed by atoms with Crippen LogP contribution in [0.2, 0.25) is 0 Å². The molecule has 2 aromatic rings. The Labute approximate surface area is 156 Å². The molecule has 0 saturated carbocycles. The fraction of sp³-hybridized carbons (Fsp3) is 0.300. The Balaban J connectivity index is 2.17. The lowest BCUT2D eigenvalue weighted by molar-refractivity contribution is 0.0910. The highest BCUT2D eigenvalue weighted by Crippen LogP contribution is 2.24. The van der Waals surface area contributed by atoms with E-state index in [2.05, 4.69) is 20.8 Å². The summed E-state index contributed by atoms with van der Waals surface area (Å²) in [6.45, 7) is 6.37. The second-order valence-corrected chi connectivity index (χ2v) is 7.89. The number of ketones is 2. The van der Waals surface area contributed by atoms with Gasteiger partial charge < -0.3 is 4.74 Å². The molecule has 3 nitrogen and oxygen atoms in total. The molecule has 0 bridgehead atoms. The van der Waals surface area contributed by atoms with Crippen molar-refractivity contribution in [2.24, 2.45) is 0 Å². The summed E-state index contributed by atoms with van der Waals surface area (Å²) in [5.74, 6) is 0.320. The lowest BCUT2D eigenvalue weighted by Crippen LogP contribution is -2.24. The summed E-state index contributed by atoms with van der Waals surface area (Å²) in [4.78, 5) is 25.1. The fourth-order valence-corrected chi connectivity index (χ4v) is 3.02. The van der Waals surface area contributed by atoms with Crippen LogP contribution in [0, 0.1) is 0 Å². The molecule has 0 aliphatic carbocycles. The maximum atomic E-state index is 12.6. The highest BCUT2D eigenvalue weighted by Gasteiger charge is 2.26. The van der Waals surface area contributed by atoms with Gasteiger partial charge >= 0.3 is 0 Å². The van der Waals surface area contributed by atoms with Crippen LogP contribution >= 0.6 is 22.6 Å². The van der Waals surface area contributed by atoms with Crippen LogP contribution in [-0.2, 0) is 5.41 Å². The molecule has 0 spiro atoms. The zero-order valence-corrected chi connectivity index (χ0v) is 16.5. The first-order valence-corrected chi connectivity index (χ1v) is 8.95. The second-order valence-electron chi connectivity index (χ2n) is 6.65. The van der Waals surface area contributed by atoms with E-state index in [1.807, 2.05) is 34.7 Å². The molecule has 2 rings (SSSR count). The number of carbonyl (C=O) groups is 2. The third kappa shape index (κ3) is 4.23. The molecule has 0 aliphatic heterocycles. The lowest BCUT2D eigenvalue weighted by Gasteiger charge is -2.19. The monoisotopic (exact) mass is 436 g/mol. The van der Waals surface area contributed by atoms with Gasteiger partial charge in [0.1, 0.15) is 9.67 Å². The van der Waals surface area contributed by atoms with Crippen molar-refractivity contribution >= 4 is 34.2 Å². The summed E-state index contributed by atoms with van der Waals surface area (Å²) in [6.07, 6.45) is 0. The molecule has 0 fully saturated rings. The molecule has 0 radical (unpaired) electrons. The topological polar surface area (TPSA) is 43.4 Å². The predicted molar refractivity (Wildman–Crippen MR) is 105 cm³/mol. The van der Waals surface area contributed by atoms with Crippen molar-refractivity contribution in [3.8, 4) is 5.75 Å². The maximum Gasteiger partial charge on any atom is 0.183 e. The van der Waals surface area contributed by atoms with Crippen molar-refractivity contribution < 1.29 is 14.3 Å². The largest absolute Gasteiger partial charge is 0.497 e. The minimum absolute atomic E-state index is 0.0320. The van der Waals surface area contributed by atoms with Crippen LogP contribution in [0.4, 0.5) is 0 Å². The van der Waals surface area contributed by atoms with Gasteiger partial charge in [-0.05, 0) is 35.2 Å². The van der Waals surface area contributed by atoms with Crippen LogP contribution < -0.4 is 4.74 Å². The first-order valence-electron chi connectivity index (χ1n) is 7.71. The number of hydrogen-bond donors (Lipinski definition) is 0. The number of benzene rings is 2. The molecule has 1 atom stereocenters. The van der Waals surface area contributed by atoms with Gasteiger partial charge in [-0.25, -0.2) is 0 Å². The van der Waals surface area contributed by atoms with Crippen molar-refractivity contribution in [3.63, 3.8) is 0 Å². The lowest BCUT2D eigenvalue weighted by atomic mass is 9.86. The summed E-state index contributed by atoms with van der Waals surface area (Å²) < 4.78 is 4.35. The number of hydrogen-bond acceptors (Lipinski definition) is 3. The number of methoxy groups -OCH3 is 1. The number of Topliss-reactive ketones (excluding diaryl/α,β-unsaturated/α-hetero) is 2. The van der Waals surface area contributed by atoms with Gasteiger partial charge in [0.05, 0.1) is 7.11 Å². The fourth-order valence-electron chi connectivity index (χ4n) is 2.30. The molecule has 24 heavy (non-hydrogen) atoms. The highest BCUT2D eigenvalue weighted by molar-refractivity contribution is 14.1. The van der Waals surface area contributed by atoms with Crippen LogP contribution in [-0.4, -0.2) is 22.6 Å². The van der Waals surface area contributed by atoms with Crippen LogP contribution in [0.5, 0.6) is 5.75 Å². The quantitative estimate of drug-likeness (QED) is 0.291. The van der Waals surface area contributed by atoms with Gasteiger partial charge in [-0.15, -0.1) is 0 Å². The van der Waals surface area contributed by atoms with E-state index in [1.54, 1.807) is 43.5 Å². The van der Waals surface area contributed by atoms with Crippen molar-refractivity contribution in [3.05, 3.63) is 65.2 Å². The van der Waals surface area contributed by atoms with Gasteiger partial charge in [-0.2, -0.15) is 0 Å². The summed E-state index contributed by atoms with van der Waals surface area (Å²) in [5.41, 5.74) is 2.26. The molecular weight excluding hydrogens is 415 g/mol. The summed E-state index contributed by atoms with van der Waals surface area (Å²) in [6, 6.07) is 14.3. The van der Waals surface area contributed by atoms with E-state index < -0.39 is 3.92 Å². The third-order valence-corrected chi connectivity index (χ3v) is 5.00. The minimum Gasteiger partial charge on any atom is -0.497 e. The molecule has 0 heterocycles. The first-order chi connectivity index (χ1) is 11.2. The molecule has 0 aliphatic rings. The maximum absolute atomic E-state index is 12.6. The van der Waals surface area contributed by atoms with Gasteiger partial charge in [-0.1, -0.05) is 67.6 Å². The average Bonchev–Trinajstić information content (AvgIpc) is 2.59. The average molecular weight is 436 g/mol. The molecule has 1 unspecified atom stereocenters. The molecule has 2 aromatic carbocycles. The molecule has 0 amide bonds. The zero-order valence-electron chi connectivity index (χ0n) is 14.3. The minimum atomic E-state index is -0.739. The van der Waals surface area contributed by atoms with E-state index >= 15 is 0 Å². The number of halogens is 1. The van der Waals surface area contributed by atoms with Gasteiger partial charge in [0.15, 0.2) is 11.6 Å². The predicted octanol–water partition coefficient (Wildman–Crippen LogP) is 4.86. The van der Waals surface area contributed by atoms with Gasteiger partial charge in [0.2, 0.25) is 0 Å². The second kappa shape index (κ2) is 7.47. The molecule has 0 saturated heterocycles. The van der Waals surface area contributed by atoms with Crippen LogP contribution in [0.25, 0.3) is 0 Å².